The second-order valence-corrected chi connectivity index (χ2v) is 3.88. The third-order valence-corrected chi connectivity index (χ3v) is 1.95. The predicted molar refractivity (Wildman–Crippen MR) is 53.7 cm³/mol. The summed E-state index contributed by atoms with van der Waals surface area (Å²) in [6.07, 6.45) is -11.3. The number of halogens is 12. The fourth-order valence-corrected chi connectivity index (χ4v) is 0.632. The number of allylic oxidation sites excluding steroid dienone is 1. The number of carboxylic acid groups (broad SMARTS) is 1. The maximum atomic E-state index is 12.3. The minimum atomic E-state index is -7.42. The van der Waals surface area contributed by atoms with Crippen molar-refractivity contribution >= 4 is 5.97 Å². The van der Waals surface area contributed by atoms with Crippen LogP contribution in [0.4, 0.5) is 52.7 Å². The number of rotatable bonds is 4. The number of hydrogen-bond acceptors (Lipinski definition) is 1. The molecule has 0 aromatic heterocycles. The highest BCUT2D eigenvalue weighted by Crippen LogP contribution is 2.55. The van der Waals surface area contributed by atoms with Crippen LogP contribution in [-0.4, -0.2) is 35.0 Å². The molecule has 0 aromatic carbocycles. The average molecular weight is 386 g/mol. The molecule has 0 aliphatic heterocycles. The summed E-state index contributed by atoms with van der Waals surface area (Å²) < 4.78 is 142. The Bertz CT molecular complexity index is 500. The summed E-state index contributed by atoms with van der Waals surface area (Å²) in [4.78, 5) is 9.60. The lowest BCUT2D eigenvalue weighted by Gasteiger charge is -2.32. The zero-order valence-electron chi connectivity index (χ0n) is 11.1. The minimum Gasteiger partial charge on any atom is -0.478 e. The van der Waals surface area contributed by atoms with Gasteiger partial charge in [0.15, 0.2) is 0 Å². The standard InChI is InChI=1S/C6F12.C4H6O2/c7-1(2(8)9)3(10,11)4(12,13)5(14,15)6(16,17)18;1-3(2)4(5)6/h;1H2,2H3,(H,5,6). The summed E-state index contributed by atoms with van der Waals surface area (Å²) >= 11 is 0. The molecule has 0 saturated heterocycles. The van der Waals surface area contributed by atoms with E-state index in [0.29, 0.717) is 0 Å². The number of alkyl halides is 9. The van der Waals surface area contributed by atoms with E-state index >= 15 is 0 Å². The van der Waals surface area contributed by atoms with Crippen molar-refractivity contribution in [1.82, 2.24) is 0 Å². The van der Waals surface area contributed by atoms with Gasteiger partial charge >= 0.3 is 36.0 Å². The predicted octanol–water partition coefficient (Wildman–Crippen LogP) is 5.18. The van der Waals surface area contributed by atoms with Gasteiger partial charge in [-0.3, -0.25) is 0 Å². The van der Waals surface area contributed by atoms with Crippen LogP contribution in [0, 0.1) is 0 Å². The van der Waals surface area contributed by atoms with Gasteiger partial charge in [-0.25, -0.2) is 4.79 Å². The van der Waals surface area contributed by atoms with Crippen molar-refractivity contribution < 1.29 is 62.6 Å². The Hall–Kier alpha value is -1.89. The van der Waals surface area contributed by atoms with Crippen molar-refractivity contribution in [2.75, 3.05) is 0 Å². The van der Waals surface area contributed by atoms with Crippen molar-refractivity contribution in [3.8, 4) is 0 Å². The first-order chi connectivity index (χ1) is 10.2. The van der Waals surface area contributed by atoms with Crippen molar-refractivity contribution in [1.29, 1.82) is 0 Å². The quantitative estimate of drug-likeness (QED) is 0.534. The molecular weight excluding hydrogens is 380 g/mol. The summed E-state index contributed by atoms with van der Waals surface area (Å²) in [6.45, 7) is 4.60. The molecular formula is C10H6F12O2. The first kappa shape index (κ1) is 24.4. The minimum absolute atomic E-state index is 0.176. The summed E-state index contributed by atoms with van der Waals surface area (Å²) in [5, 5.41) is 7.89. The van der Waals surface area contributed by atoms with E-state index in [1.54, 1.807) is 0 Å². The number of carbonyl (C=O) groups is 1. The summed E-state index contributed by atoms with van der Waals surface area (Å²) in [5.41, 5.74) is 0.176. The molecule has 0 atom stereocenters. The van der Waals surface area contributed by atoms with Crippen molar-refractivity contribution in [2.24, 2.45) is 0 Å². The van der Waals surface area contributed by atoms with Crippen LogP contribution in [0.15, 0.2) is 24.1 Å². The lowest BCUT2D eigenvalue weighted by molar-refractivity contribution is -0.392. The summed E-state index contributed by atoms with van der Waals surface area (Å²) in [6, 6.07) is 0. The van der Waals surface area contributed by atoms with Crippen LogP contribution in [0.1, 0.15) is 6.92 Å². The first-order valence-electron chi connectivity index (χ1n) is 5.05. The molecule has 0 amide bonds. The van der Waals surface area contributed by atoms with Crippen LogP contribution in [0.3, 0.4) is 0 Å². The van der Waals surface area contributed by atoms with Crippen LogP contribution in [0.2, 0.25) is 0 Å². The van der Waals surface area contributed by atoms with Gasteiger partial charge in [0, 0.05) is 5.57 Å². The van der Waals surface area contributed by atoms with Crippen molar-refractivity contribution in [2.45, 2.75) is 30.9 Å². The Labute approximate surface area is 125 Å². The fraction of sp³-hybridized carbons (Fsp3) is 0.500. The lowest BCUT2D eigenvalue weighted by Crippen LogP contribution is -2.61. The SMILES string of the molecule is C=C(C)C(=O)O.FC(F)=C(F)C(F)(F)C(F)(F)C(F)(F)C(F)(F)F. The van der Waals surface area contributed by atoms with Crippen molar-refractivity contribution in [3.05, 3.63) is 24.1 Å². The van der Waals surface area contributed by atoms with E-state index in [2.05, 4.69) is 6.58 Å². The Morgan fingerprint density at radius 1 is 0.833 bits per heavy atom. The molecule has 1 N–H and O–H groups in total. The molecule has 0 bridgehead atoms. The Morgan fingerprint density at radius 3 is 1.29 bits per heavy atom. The van der Waals surface area contributed by atoms with E-state index in [1.807, 2.05) is 0 Å². The van der Waals surface area contributed by atoms with Crippen LogP contribution in [-0.2, 0) is 4.79 Å². The van der Waals surface area contributed by atoms with Gasteiger partial charge in [-0.1, -0.05) is 6.58 Å². The second kappa shape index (κ2) is 7.34. The molecule has 0 aliphatic carbocycles. The maximum absolute atomic E-state index is 12.3. The Morgan fingerprint density at radius 2 is 1.12 bits per heavy atom. The van der Waals surface area contributed by atoms with Crippen LogP contribution in [0.25, 0.3) is 0 Å². The molecule has 14 heteroatoms. The topological polar surface area (TPSA) is 37.3 Å². The Balaban J connectivity index is 0. The molecule has 2 nitrogen and oxygen atoms in total. The number of aliphatic carboxylic acids is 1. The van der Waals surface area contributed by atoms with E-state index < -0.39 is 41.8 Å². The Kier molecular flexibility index (Phi) is 7.45. The largest absolute Gasteiger partial charge is 0.478 e. The molecule has 0 spiro atoms. The average Bonchev–Trinajstić information content (AvgIpc) is 2.36. The van der Waals surface area contributed by atoms with Crippen LogP contribution >= 0.6 is 0 Å². The molecule has 142 valence electrons. The molecule has 0 fully saturated rings. The molecule has 0 saturated carbocycles. The van der Waals surface area contributed by atoms with E-state index in [1.165, 1.54) is 6.92 Å². The van der Waals surface area contributed by atoms with Crippen LogP contribution in [0.5, 0.6) is 0 Å². The number of hydrogen-bond donors (Lipinski definition) is 1. The van der Waals surface area contributed by atoms with Gasteiger partial charge in [-0.2, -0.15) is 52.7 Å². The van der Waals surface area contributed by atoms with Gasteiger partial charge in [-0.05, 0) is 6.92 Å². The summed E-state index contributed by atoms with van der Waals surface area (Å²) in [7, 11) is 0. The molecule has 24 heavy (non-hydrogen) atoms. The molecule has 0 heterocycles. The zero-order valence-corrected chi connectivity index (χ0v) is 11.1. The van der Waals surface area contributed by atoms with E-state index in [-0.39, 0.29) is 5.57 Å². The van der Waals surface area contributed by atoms with E-state index in [9.17, 15) is 57.5 Å². The van der Waals surface area contributed by atoms with Gasteiger partial charge < -0.3 is 5.11 Å². The summed E-state index contributed by atoms with van der Waals surface area (Å²) in [5.74, 6) is -27.2. The van der Waals surface area contributed by atoms with Crippen LogP contribution < -0.4 is 0 Å². The second-order valence-electron chi connectivity index (χ2n) is 3.88. The smallest absolute Gasteiger partial charge is 0.460 e. The van der Waals surface area contributed by atoms with Gasteiger partial charge in [0.1, 0.15) is 0 Å². The highest BCUT2D eigenvalue weighted by atomic mass is 19.4. The van der Waals surface area contributed by atoms with Gasteiger partial charge in [0.05, 0.1) is 0 Å². The molecule has 0 aliphatic rings. The van der Waals surface area contributed by atoms with Crippen molar-refractivity contribution in [3.63, 3.8) is 0 Å². The van der Waals surface area contributed by atoms with Gasteiger partial charge in [-0.15, -0.1) is 0 Å². The highest BCUT2D eigenvalue weighted by Gasteiger charge is 2.83. The fourth-order valence-electron chi connectivity index (χ4n) is 0.632. The molecule has 0 radical (unpaired) electrons. The monoisotopic (exact) mass is 386 g/mol. The normalized spacial score (nSPS) is 12.9. The number of carboxylic acids is 1. The first-order valence-corrected chi connectivity index (χ1v) is 5.05. The highest BCUT2D eigenvalue weighted by molar-refractivity contribution is 5.84. The lowest BCUT2D eigenvalue weighted by atomic mass is 10.0. The van der Waals surface area contributed by atoms with Gasteiger partial charge in [0.25, 0.3) is 0 Å². The van der Waals surface area contributed by atoms with E-state index in [0.717, 1.165) is 0 Å². The van der Waals surface area contributed by atoms with Gasteiger partial charge in [0.2, 0.25) is 5.83 Å². The zero-order chi connectivity index (χ0) is 20.3. The molecule has 0 aromatic rings. The van der Waals surface area contributed by atoms with E-state index in [4.69, 9.17) is 5.11 Å². The third-order valence-electron chi connectivity index (χ3n) is 1.95. The molecule has 0 unspecified atom stereocenters. The third kappa shape index (κ3) is 4.80. The molecule has 0 rings (SSSR count). The maximum Gasteiger partial charge on any atom is 0.460 e.